The highest BCUT2D eigenvalue weighted by atomic mass is 16.3. The van der Waals surface area contributed by atoms with Crippen LogP contribution in [0.3, 0.4) is 0 Å². The Balaban J connectivity index is 2.51. The third-order valence-corrected chi connectivity index (χ3v) is 2.42. The molecule has 3 nitrogen and oxygen atoms in total. The zero-order chi connectivity index (χ0) is 11.5. The van der Waals surface area contributed by atoms with Gasteiger partial charge in [0.05, 0.1) is 6.61 Å². The fourth-order valence-electron chi connectivity index (χ4n) is 1.69. The summed E-state index contributed by atoms with van der Waals surface area (Å²) in [5.74, 6) is 0. The number of nitrogens with two attached hydrogens (primary N) is 2. The highest BCUT2D eigenvalue weighted by molar-refractivity contribution is 5.71. The fourth-order valence-corrected chi connectivity index (χ4v) is 1.69. The highest BCUT2D eigenvalue weighted by Gasteiger charge is 2.01. The van der Waals surface area contributed by atoms with Crippen molar-refractivity contribution >= 4 is 11.4 Å². The third kappa shape index (κ3) is 2.15. The lowest BCUT2D eigenvalue weighted by Crippen LogP contribution is -1.92. The SMILES string of the molecule is Nc1cccc(-c2cc(N)cc(CO)c2)c1. The number of hydrogen-bond donors (Lipinski definition) is 3. The van der Waals surface area contributed by atoms with Crippen molar-refractivity contribution in [2.24, 2.45) is 0 Å². The maximum absolute atomic E-state index is 9.11. The summed E-state index contributed by atoms with van der Waals surface area (Å²) in [7, 11) is 0. The average molecular weight is 214 g/mol. The predicted molar refractivity (Wildman–Crippen MR) is 66.6 cm³/mol. The lowest BCUT2D eigenvalue weighted by Gasteiger charge is -2.06. The Morgan fingerprint density at radius 1 is 0.875 bits per heavy atom. The number of nitrogen functional groups attached to an aromatic ring is 2. The standard InChI is InChI=1S/C13H14N2O/c14-12-3-1-2-10(6-12)11-4-9(8-16)5-13(15)7-11/h1-7,16H,8,14-15H2. The smallest absolute Gasteiger partial charge is 0.0682 e. The molecule has 0 saturated heterocycles. The molecule has 5 N–H and O–H groups in total. The summed E-state index contributed by atoms with van der Waals surface area (Å²) >= 11 is 0. The van der Waals surface area contributed by atoms with Crippen LogP contribution >= 0.6 is 0 Å². The average Bonchev–Trinajstić information content (AvgIpc) is 2.28. The van der Waals surface area contributed by atoms with Gasteiger partial charge in [0.15, 0.2) is 0 Å². The van der Waals surface area contributed by atoms with E-state index in [1.807, 2.05) is 36.4 Å². The van der Waals surface area contributed by atoms with E-state index in [-0.39, 0.29) is 6.61 Å². The summed E-state index contributed by atoms with van der Waals surface area (Å²) in [6.07, 6.45) is 0. The molecule has 0 aliphatic heterocycles. The minimum absolute atomic E-state index is 0.0135. The van der Waals surface area contributed by atoms with Gasteiger partial charge in [0.2, 0.25) is 0 Å². The molecule has 0 aliphatic carbocycles. The molecule has 0 spiro atoms. The van der Waals surface area contributed by atoms with Crippen molar-refractivity contribution in [2.45, 2.75) is 6.61 Å². The van der Waals surface area contributed by atoms with Gasteiger partial charge < -0.3 is 16.6 Å². The summed E-state index contributed by atoms with van der Waals surface area (Å²) in [6, 6.07) is 13.1. The van der Waals surface area contributed by atoms with Gasteiger partial charge >= 0.3 is 0 Å². The molecule has 3 heteroatoms. The van der Waals surface area contributed by atoms with Crippen molar-refractivity contribution in [3.05, 3.63) is 48.0 Å². The van der Waals surface area contributed by atoms with Gasteiger partial charge in [-0.15, -0.1) is 0 Å². The second kappa shape index (κ2) is 4.24. The molecular formula is C13H14N2O. The topological polar surface area (TPSA) is 72.3 Å². The van der Waals surface area contributed by atoms with E-state index in [0.29, 0.717) is 11.4 Å². The summed E-state index contributed by atoms with van der Waals surface area (Å²) in [5.41, 5.74) is 15.6. The minimum atomic E-state index is -0.0135. The van der Waals surface area contributed by atoms with Crippen molar-refractivity contribution < 1.29 is 5.11 Å². The Hall–Kier alpha value is -2.00. The largest absolute Gasteiger partial charge is 0.399 e. The molecule has 0 aromatic heterocycles. The zero-order valence-corrected chi connectivity index (χ0v) is 8.85. The lowest BCUT2D eigenvalue weighted by atomic mass is 10.0. The Morgan fingerprint density at radius 2 is 1.62 bits per heavy atom. The van der Waals surface area contributed by atoms with Gasteiger partial charge in [0.25, 0.3) is 0 Å². The van der Waals surface area contributed by atoms with Gasteiger partial charge in [-0.2, -0.15) is 0 Å². The van der Waals surface area contributed by atoms with Gasteiger partial charge in [-0.05, 0) is 47.0 Å². The van der Waals surface area contributed by atoms with Crippen LogP contribution in [-0.2, 0) is 6.61 Å². The molecule has 0 fully saturated rings. The zero-order valence-electron chi connectivity index (χ0n) is 8.85. The summed E-state index contributed by atoms with van der Waals surface area (Å²) in [5, 5.41) is 9.11. The fraction of sp³-hybridized carbons (Fsp3) is 0.0769. The summed E-state index contributed by atoms with van der Waals surface area (Å²) in [4.78, 5) is 0. The van der Waals surface area contributed by atoms with Crippen LogP contribution in [-0.4, -0.2) is 5.11 Å². The molecule has 0 heterocycles. The lowest BCUT2D eigenvalue weighted by molar-refractivity contribution is 0.282. The molecule has 0 radical (unpaired) electrons. The molecule has 2 aromatic rings. The van der Waals surface area contributed by atoms with Crippen molar-refractivity contribution in [3.8, 4) is 11.1 Å². The second-order valence-corrected chi connectivity index (χ2v) is 3.75. The third-order valence-electron chi connectivity index (χ3n) is 2.42. The van der Waals surface area contributed by atoms with Gasteiger partial charge in [0, 0.05) is 11.4 Å². The van der Waals surface area contributed by atoms with E-state index in [0.717, 1.165) is 16.7 Å². The Kier molecular flexibility index (Phi) is 2.79. The van der Waals surface area contributed by atoms with Crippen molar-refractivity contribution in [1.29, 1.82) is 0 Å². The van der Waals surface area contributed by atoms with E-state index < -0.39 is 0 Å². The first-order valence-electron chi connectivity index (χ1n) is 5.05. The van der Waals surface area contributed by atoms with Crippen LogP contribution < -0.4 is 11.5 Å². The van der Waals surface area contributed by atoms with Crippen LogP contribution in [0.5, 0.6) is 0 Å². The number of benzene rings is 2. The van der Waals surface area contributed by atoms with Gasteiger partial charge in [0.1, 0.15) is 0 Å². The van der Waals surface area contributed by atoms with Crippen LogP contribution in [0, 0.1) is 0 Å². The monoisotopic (exact) mass is 214 g/mol. The molecule has 0 atom stereocenters. The first-order valence-corrected chi connectivity index (χ1v) is 5.05. The number of rotatable bonds is 2. The van der Waals surface area contributed by atoms with Crippen molar-refractivity contribution in [2.75, 3.05) is 11.5 Å². The van der Waals surface area contributed by atoms with Crippen LogP contribution in [0.2, 0.25) is 0 Å². The molecule has 16 heavy (non-hydrogen) atoms. The van der Waals surface area contributed by atoms with Gasteiger partial charge in [-0.3, -0.25) is 0 Å². The molecular weight excluding hydrogens is 200 g/mol. The molecule has 0 unspecified atom stereocenters. The summed E-state index contributed by atoms with van der Waals surface area (Å²) in [6.45, 7) is -0.0135. The first kappa shape index (κ1) is 10.5. The molecule has 2 aromatic carbocycles. The normalized spacial score (nSPS) is 10.3. The van der Waals surface area contributed by atoms with E-state index in [1.54, 1.807) is 6.07 Å². The molecule has 0 bridgehead atoms. The van der Waals surface area contributed by atoms with E-state index in [2.05, 4.69) is 0 Å². The van der Waals surface area contributed by atoms with Crippen LogP contribution in [0.4, 0.5) is 11.4 Å². The molecule has 0 amide bonds. The summed E-state index contributed by atoms with van der Waals surface area (Å²) < 4.78 is 0. The van der Waals surface area contributed by atoms with Crippen LogP contribution in [0.1, 0.15) is 5.56 Å². The van der Waals surface area contributed by atoms with E-state index >= 15 is 0 Å². The number of anilines is 2. The van der Waals surface area contributed by atoms with E-state index in [9.17, 15) is 0 Å². The quantitative estimate of drug-likeness (QED) is 0.669. The molecule has 82 valence electrons. The number of hydrogen-bond acceptors (Lipinski definition) is 3. The van der Waals surface area contributed by atoms with Gasteiger partial charge in [-0.1, -0.05) is 12.1 Å². The molecule has 0 saturated carbocycles. The second-order valence-electron chi connectivity index (χ2n) is 3.75. The van der Waals surface area contributed by atoms with Crippen LogP contribution in [0.15, 0.2) is 42.5 Å². The Morgan fingerprint density at radius 3 is 2.31 bits per heavy atom. The van der Waals surface area contributed by atoms with E-state index in [1.165, 1.54) is 0 Å². The van der Waals surface area contributed by atoms with Gasteiger partial charge in [-0.25, -0.2) is 0 Å². The van der Waals surface area contributed by atoms with Crippen molar-refractivity contribution in [3.63, 3.8) is 0 Å². The maximum atomic E-state index is 9.11. The first-order chi connectivity index (χ1) is 7.69. The predicted octanol–water partition coefficient (Wildman–Crippen LogP) is 2.01. The molecule has 2 rings (SSSR count). The number of aliphatic hydroxyl groups excluding tert-OH is 1. The Labute approximate surface area is 94.3 Å². The van der Waals surface area contributed by atoms with E-state index in [4.69, 9.17) is 16.6 Å². The highest BCUT2D eigenvalue weighted by Crippen LogP contribution is 2.25. The Bertz CT molecular complexity index is 509. The number of aliphatic hydroxyl groups is 1. The minimum Gasteiger partial charge on any atom is -0.399 e. The van der Waals surface area contributed by atoms with Crippen LogP contribution in [0.25, 0.3) is 11.1 Å². The van der Waals surface area contributed by atoms with Crippen molar-refractivity contribution in [1.82, 2.24) is 0 Å². The molecule has 0 aliphatic rings. The maximum Gasteiger partial charge on any atom is 0.0682 e.